The number of carbonyl (C=O) groups is 1. The Balaban J connectivity index is 1.41. The monoisotopic (exact) mass is 400 g/mol. The van der Waals surface area contributed by atoms with Crippen molar-refractivity contribution in [1.82, 2.24) is 14.8 Å². The van der Waals surface area contributed by atoms with Crippen LogP contribution in [-0.2, 0) is 6.54 Å². The van der Waals surface area contributed by atoms with Gasteiger partial charge in [-0.1, -0.05) is 18.2 Å². The van der Waals surface area contributed by atoms with Gasteiger partial charge in [-0.2, -0.15) is 5.26 Å². The summed E-state index contributed by atoms with van der Waals surface area (Å²) in [6.45, 7) is 3.98. The number of nitrogens with zero attached hydrogens (tertiary/aromatic N) is 4. The highest BCUT2D eigenvalue weighted by Gasteiger charge is 2.21. The number of rotatable bonds is 4. The standard InChI is InChI=1S/C24H24N4O2/c1-30-21-8-10-22-20(15-21)7-9-23(26-22)24(29)28-12-2-11-27(13-14-28)17-19-5-3-18(16-25)4-6-19/h3-10,15H,2,11-14,17H2,1H3. The molecular weight excluding hydrogens is 376 g/mol. The van der Waals surface area contributed by atoms with Crippen molar-refractivity contribution in [1.29, 1.82) is 5.26 Å². The summed E-state index contributed by atoms with van der Waals surface area (Å²) in [4.78, 5) is 21.9. The highest BCUT2D eigenvalue weighted by atomic mass is 16.5. The highest BCUT2D eigenvalue weighted by Crippen LogP contribution is 2.20. The lowest BCUT2D eigenvalue weighted by atomic mass is 10.1. The van der Waals surface area contributed by atoms with Crippen LogP contribution in [0.15, 0.2) is 54.6 Å². The molecule has 0 unspecified atom stereocenters. The van der Waals surface area contributed by atoms with Crippen LogP contribution in [0.4, 0.5) is 0 Å². The van der Waals surface area contributed by atoms with Crippen LogP contribution < -0.4 is 4.74 Å². The zero-order valence-corrected chi connectivity index (χ0v) is 17.0. The summed E-state index contributed by atoms with van der Waals surface area (Å²) < 4.78 is 5.25. The maximum atomic E-state index is 13.0. The summed E-state index contributed by atoms with van der Waals surface area (Å²) in [6, 6.07) is 19.2. The van der Waals surface area contributed by atoms with E-state index in [4.69, 9.17) is 10.00 Å². The maximum absolute atomic E-state index is 13.0. The minimum absolute atomic E-state index is 0.0204. The van der Waals surface area contributed by atoms with E-state index in [0.717, 1.165) is 49.3 Å². The van der Waals surface area contributed by atoms with Crippen LogP contribution in [0.2, 0.25) is 0 Å². The number of carbonyl (C=O) groups excluding carboxylic acids is 1. The number of amides is 1. The van der Waals surface area contributed by atoms with Crippen molar-refractivity contribution in [2.45, 2.75) is 13.0 Å². The summed E-state index contributed by atoms with van der Waals surface area (Å²) in [7, 11) is 1.64. The highest BCUT2D eigenvalue weighted by molar-refractivity contribution is 5.95. The lowest BCUT2D eigenvalue weighted by molar-refractivity contribution is 0.0755. The fourth-order valence-electron chi connectivity index (χ4n) is 3.79. The van der Waals surface area contributed by atoms with Crippen molar-refractivity contribution < 1.29 is 9.53 Å². The molecule has 2 heterocycles. The molecule has 1 fully saturated rings. The van der Waals surface area contributed by atoms with E-state index >= 15 is 0 Å². The summed E-state index contributed by atoms with van der Waals surface area (Å²) >= 11 is 0. The Morgan fingerprint density at radius 3 is 2.67 bits per heavy atom. The number of methoxy groups -OCH3 is 1. The van der Waals surface area contributed by atoms with Crippen LogP contribution in [0.5, 0.6) is 5.75 Å². The van der Waals surface area contributed by atoms with Crippen molar-refractivity contribution >= 4 is 16.8 Å². The Morgan fingerprint density at radius 1 is 1.07 bits per heavy atom. The van der Waals surface area contributed by atoms with Gasteiger partial charge in [-0.15, -0.1) is 0 Å². The van der Waals surface area contributed by atoms with E-state index < -0.39 is 0 Å². The molecule has 30 heavy (non-hydrogen) atoms. The second kappa shape index (κ2) is 8.93. The van der Waals surface area contributed by atoms with Crippen molar-refractivity contribution in [2.24, 2.45) is 0 Å². The average molecular weight is 400 g/mol. The molecule has 1 amide bonds. The van der Waals surface area contributed by atoms with Crippen LogP contribution in [-0.4, -0.2) is 54.0 Å². The number of hydrogen-bond acceptors (Lipinski definition) is 5. The first-order valence-electron chi connectivity index (χ1n) is 10.1. The summed E-state index contributed by atoms with van der Waals surface area (Å²) in [5.41, 5.74) is 3.13. The van der Waals surface area contributed by atoms with Gasteiger partial charge in [0, 0.05) is 38.1 Å². The fourth-order valence-corrected chi connectivity index (χ4v) is 3.79. The first-order chi connectivity index (χ1) is 14.7. The van der Waals surface area contributed by atoms with Crippen molar-refractivity contribution in [3.05, 3.63) is 71.4 Å². The van der Waals surface area contributed by atoms with E-state index in [1.807, 2.05) is 53.4 Å². The largest absolute Gasteiger partial charge is 0.497 e. The molecule has 0 atom stereocenters. The predicted molar refractivity (Wildman–Crippen MR) is 115 cm³/mol. The number of pyridine rings is 1. The second-order valence-corrected chi connectivity index (χ2v) is 7.49. The van der Waals surface area contributed by atoms with Gasteiger partial charge in [0.2, 0.25) is 0 Å². The Labute approximate surface area is 176 Å². The Hall–Kier alpha value is -3.43. The molecule has 1 saturated heterocycles. The van der Waals surface area contributed by atoms with Gasteiger partial charge in [-0.25, -0.2) is 4.98 Å². The first kappa shape index (κ1) is 19.9. The Bertz CT molecular complexity index is 1090. The van der Waals surface area contributed by atoms with Gasteiger partial charge >= 0.3 is 0 Å². The van der Waals surface area contributed by atoms with Crippen LogP contribution >= 0.6 is 0 Å². The topological polar surface area (TPSA) is 69.5 Å². The molecule has 0 radical (unpaired) electrons. The molecule has 1 aromatic heterocycles. The zero-order valence-electron chi connectivity index (χ0n) is 17.0. The number of fused-ring (bicyclic) bond motifs is 1. The minimum atomic E-state index is -0.0204. The smallest absolute Gasteiger partial charge is 0.272 e. The summed E-state index contributed by atoms with van der Waals surface area (Å²) in [5, 5.41) is 9.89. The Kier molecular flexibility index (Phi) is 5.92. The molecule has 6 heteroatoms. The molecular formula is C24H24N4O2. The quantitative estimate of drug-likeness (QED) is 0.671. The average Bonchev–Trinajstić information content (AvgIpc) is 3.04. The fraction of sp³-hybridized carbons (Fsp3) is 0.292. The van der Waals surface area contributed by atoms with Gasteiger partial charge in [-0.3, -0.25) is 9.69 Å². The van der Waals surface area contributed by atoms with Gasteiger partial charge in [0.05, 0.1) is 24.3 Å². The van der Waals surface area contributed by atoms with Gasteiger partial charge in [0.15, 0.2) is 0 Å². The molecule has 0 spiro atoms. The third kappa shape index (κ3) is 4.42. The summed E-state index contributed by atoms with van der Waals surface area (Å²) in [6.07, 6.45) is 0.923. The van der Waals surface area contributed by atoms with Crippen molar-refractivity contribution in [2.75, 3.05) is 33.3 Å². The number of aromatic nitrogens is 1. The lowest BCUT2D eigenvalue weighted by Crippen LogP contribution is -2.35. The molecule has 3 aromatic rings. The molecule has 152 valence electrons. The molecule has 0 N–H and O–H groups in total. The summed E-state index contributed by atoms with van der Waals surface area (Å²) in [5.74, 6) is 0.756. The van der Waals surface area contributed by atoms with E-state index in [1.165, 1.54) is 5.56 Å². The molecule has 4 rings (SSSR count). The van der Waals surface area contributed by atoms with Crippen LogP contribution in [0.1, 0.15) is 28.0 Å². The minimum Gasteiger partial charge on any atom is -0.497 e. The predicted octanol–water partition coefficient (Wildman–Crippen LogP) is 3.46. The molecule has 0 aliphatic carbocycles. The van der Waals surface area contributed by atoms with Gasteiger partial charge in [-0.05, 0) is 48.4 Å². The number of benzene rings is 2. The SMILES string of the molecule is COc1ccc2nc(C(=O)N3CCCN(Cc4ccc(C#N)cc4)CC3)ccc2c1. The molecule has 1 aliphatic rings. The molecule has 6 nitrogen and oxygen atoms in total. The Morgan fingerprint density at radius 2 is 1.90 bits per heavy atom. The van der Waals surface area contributed by atoms with Crippen molar-refractivity contribution in [3.8, 4) is 11.8 Å². The van der Waals surface area contributed by atoms with E-state index in [2.05, 4.69) is 16.0 Å². The first-order valence-corrected chi connectivity index (χ1v) is 10.1. The van der Waals surface area contributed by atoms with Gasteiger partial charge < -0.3 is 9.64 Å². The van der Waals surface area contributed by atoms with E-state index in [1.54, 1.807) is 13.2 Å². The number of nitriles is 1. The molecule has 1 aliphatic heterocycles. The molecule has 2 aromatic carbocycles. The van der Waals surface area contributed by atoms with E-state index in [0.29, 0.717) is 17.8 Å². The van der Waals surface area contributed by atoms with Gasteiger partial charge in [0.1, 0.15) is 11.4 Å². The molecule has 0 bridgehead atoms. The lowest BCUT2D eigenvalue weighted by Gasteiger charge is -2.22. The zero-order chi connectivity index (χ0) is 20.9. The maximum Gasteiger partial charge on any atom is 0.272 e. The third-order valence-electron chi connectivity index (χ3n) is 5.48. The van der Waals surface area contributed by atoms with Crippen LogP contribution in [0.25, 0.3) is 10.9 Å². The van der Waals surface area contributed by atoms with E-state index in [9.17, 15) is 4.79 Å². The van der Waals surface area contributed by atoms with E-state index in [-0.39, 0.29) is 5.91 Å². The normalized spacial score (nSPS) is 14.9. The van der Waals surface area contributed by atoms with Gasteiger partial charge in [0.25, 0.3) is 5.91 Å². The van der Waals surface area contributed by atoms with Crippen LogP contribution in [0.3, 0.4) is 0 Å². The number of hydrogen-bond donors (Lipinski definition) is 0. The second-order valence-electron chi connectivity index (χ2n) is 7.49. The third-order valence-corrected chi connectivity index (χ3v) is 5.48. The van der Waals surface area contributed by atoms with Crippen LogP contribution in [0, 0.1) is 11.3 Å². The van der Waals surface area contributed by atoms with Crippen molar-refractivity contribution in [3.63, 3.8) is 0 Å². The number of ether oxygens (including phenoxy) is 1. The molecule has 0 saturated carbocycles.